The molecular weight excluding hydrogens is 382 g/mol. The summed E-state index contributed by atoms with van der Waals surface area (Å²) in [7, 11) is 0. The van der Waals surface area contributed by atoms with Gasteiger partial charge in [-0.1, -0.05) is 6.07 Å². The van der Waals surface area contributed by atoms with Crippen molar-refractivity contribution in [1.82, 2.24) is 9.88 Å². The van der Waals surface area contributed by atoms with Gasteiger partial charge < -0.3 is 24.8 Å². The Hall–Kier alpha value is -3.13. The Morgan fingerprint density at radius 1 is 0.967 bits per heavy atom. The number of pyridine rings is 1. The first kappa shape index (κ1) is 20.2. The van der Waals surface area contributed by atoms with Crippen LogP contribution in [0.1, 0.15) is 17.3 Å². The largest absolute Gasteiger partial charge is 0.378 e. The fourth-order valence-electron chi connectivity index (χ4n) is 3.91. The number of rotatable bonds is 4. The number of amides is 2. The molecular formula is C22H27N5O3. The summed E-state index contributed by atoms with van der Waals surface area (Å²) in [5, 5.41) is 2.82. The van der Waals surface area contributed by atoms with Crippen molar-refractivity contribution >= 4 is 29.0 Å². The van der Waals surface area contributed by atoms with Crippen LogP contribution in [0.5, 0.6) is 0 Å². The number of benzene rings is 1. The van der Waals surface area contributed by atoms with Gasteiger partial charge in [0.25, 0.3) is 5.91 Å². The molecule has 0 spiro atoms. The van der Waals surface area contributed by atoms with Crippen LogP contribution in [-0.2, 0) is 9.53 Å². The molecule has 0 atom stereocenters. The van der Waals surface area contributed by atoms with Crippen molar-refractivity contribution in [3.63, 3.8) is 0 Å². The highest BCUT2D eigenvalue weighted by atomic mass is 16.5. The second-order valence-corrected chi connectivity index (χ2v) is 7.48. The number of hydrogen-bond donors (Lipinski definition) is 1. The number of nitrogens with zero attached hydrogens (tertiary/aromatic N) is 4. The van der Waals surface area contributed by atoms with E-state index in [-0.39, 0.29) is 11.8 Å². The van der Waals surface area contributed by atoms with E-state index in [9.17, 15) is 9.59 Å². The Bertz CT molecular complexity index is 891. The van der Waals surface area contributed by atoms with E-state index in [1.807, 2.05) is 35.2 Å². The molecule has 8 nitrogen and oxygen atoms in total. The second kappa shape index (κ2) is 9.13. The van der Waals surface area contributed by atoms with Gasteiger partial charge in [-0.15, -0.1) is 0 Å². The molecule has 0 saturated carbocycles. The lowest BCUT2D eigenvalue weighted by molar-refractivity contribution is -0.114. The summed E-state index contributed by atoms with van der Waals surface area (Å²) in [5.74, 6) is 0.831. The van der Waals surface area contributed by atoms with E-state index in [0.717, 1.165) is 37.7 Å². The van der Waals surface area contributed by atoms with Gasteiger partial charge >= 0.3 is 0 Å². The lowest BCUT2D eigenvalue weighted by Crippen LogP contribution is -2.49. The first-order chi connectivity index (χ1) is 14.6. The highest BCUT2D eigenvalue weighted by Crippen LogP contribution is 2.28. The highest BCUT2D eigenvalue weighted by Gasteiger charge is 2.26. The Morgan fingerprint density at radius 3 is 2.40 bits per heavy atom. The summed E-state index contributed by atoms with van der Waals surface area (Å²) in [6, 6.07) is 11.4. The Morgan fingerprint density at radius 2 is 1.73 bits per heavy atom. The van der Waals surface area contributed by atoms with Gasteiger partial charge in [-0.25, -0.2) is 4.98 Å². The molecule has 2 saturated heterocycles. The first-order valence-corrected chi connectivity index (χ1v) is 10.3. The van der Waals surface area contributed by atoms with Crippen LogP contribution in [0.4, 0.5) is 17.2 Å². The summed E-state index contributed by atoms with van der Waals surface area (Å²) in [5.41, 5.74) is 2.21. The van der Waals surface area contributed by atoms with Gasteiger partial charge in [-0.3, -0.25) is 9.59 Å². The van der Waals surface area contributed by atoms with E-state index in [0.29, 0.717) is 37.6 Å². The van der Waals surface area contributed by atoms with Crippen molar-refractivity contribution in [3.05, 3.63) is 48.2 Å². The van der Waals surface area contributed by atoms with E-state index < -0.39 is 0 Å². The zero-order valence-electron chi connectivity index (χ0n) is 17.2. The van der Waals surface area contributed by atoms with Crippen LogP contribution in [-0.4, -0.2) is 74.2 Å². The van der Waals surface area contributed by atoms with Crippen molar-refractivity contribution in [2.75, 3.05) is 67.6 Å². The first-order valence-electron chi connectivity index (χ1n) is 10.3. The Kier molecular flexibility index (Phi) is 6.13. The Labute approximate surface area is 176 Å². The zero-order valence-corrected chi connectivity index (χ0v) is 17.2. The maximum absolute atomic E-state index is 13.4. The van der Waals surface area contributed by atoms with Crippen LogP contribution in [0, 0.1) is 0 Å². The highest BCUT2D eigenvalue weighted by molar-refractivity contribution is 6.01. The number of nitrogens with one attached hydrogen (secondary N) is 1. The molecule has 2 aliphatic heterocycles. The number of ether oxygens (including phenoxy) is 1. The zero-order chi connectivity index (χ0) is 20.9. The molecule has 158 valence electrons. The monoisotopic (exact) mass is 409 g/mol. The molecule has 4 rings (SSSR count). The number of carbonyl (C=O) groups is 2. The minimum Gasteiger partial charge on any atom is -0.378 e. The van der Waals surface area contributed by atoms with Crippen LogP contribution in [0.25, 0.3) is 0 Å². The van der Waals surface area contributed by atoms with Crippen molar-refractivity contribution in [1.29, 1.82) is 0 Å². The van der Waals surface area contributed by atoms with Gasteiger partial charge in [0, 0.05) is 58.1 Å². The van der Waals surface area contributed by atoms with E-state index in [4.69, 9.17) is 4.74 Å². The van der Waals surface area contributed by atoms with E-state index >= 15 is 0 Å². The van der Waals surface area contributed by atoms with Gasteiger partial charge in [0.15, 0.2) is 0 Å². The molecule has 2 amide bonds. The minimum atomic E-state index is -0.132. The molecule has 1 aromatic heterocycles. The second-order valence-electron chi connectivity index (χ2n) is 7.48. The molecule has 3 heterocycles. The molecule has 0 unspecified atom stereocenters. The number of carbonyl (C=O) groups excluding carboxylic acids is 2. The van der Waals surface area contributed by atoms with Crippen molar-refractivity contribution in [2.24, 2.45) is 0 Å². The molecule has 0 bridgehead atoms. The molecule has 0 radical (unpaired) electrons. The molecule has 2 aliphatic rings. The SMILES string of the molecule is CC(=O)Nc1ccc(C(=O)N2CCN(c3ccccn3)CC2)c(N2CCOCC2)c1. The maximum Gasteiger partial charge on any atom is 0.256 e. The predicted octanol–water partition coefficient (Wildman–Crippen LogP) is 1.84. The van der Waals surface area contributed by atoms with Crippen molar-refractivity contribution < 1.29 is 14.3 Å². The molecule has 0 aliphatic carbocycles. The van der Waals surface area contributed by atoms with E-state index in [1.165, 1.54) is 6.92 Å². The summed E-state index contributed by atoms with van der Waals surface area (Å²) in [6.45, 7) is 6.96. The fourth-order valence-corrected chi connectivity index (χ4v) is 3.91. The summed E-state index contributed by atoms with van der Waals surface area (Å²) < 4.78 is 5.47. The third kappa shape index (κ3) is 4.54. The molecule has 1 aromatic carbocycles. The number of piperazine rings is 1. The lowest BCUT2D eigenvalue weighted by Gasteiger charge is -2.36. The summed E-state index contributed by atoms with van der Waals surface area (Å²) in [6.07, 6.45) is 1.79. The third-order valence-corrected chi connectivity index (χ3v) is 5.44. The van der Waals surface area contributed by atoms with Crippen LogP contribution < -0.4 is 15.1 Å². The molecule has 30 heavy (non-hydrogen) atoms. The maximum atomic E-state index is 13.4. The Balaban J connectivity index is 1.52. The topological polar surface area (TPSA) is 78.0 Å². The van der Waals surface area contributed by atoms with Crippen LogP contribution in [0.15, 0.2) is 42.6 Å². The quantitative estimate of drug-likeness (QED) is 0.830. The van der Waals surface area contributed by atoms with Gasteiger partial charge in [0.2, 0.25) is 5.91 Å². The molecule has 2 aromatic rings. The molecule has 2 fully saturated rings. The van der Waals surface area contributed by atoms with Gasteiger partial charge in [0.1, 0.15) is 5.82 Å². The average Bonchev–Trinajstić information content (AvgIpc) is 2.79. The van der Waals surface area contributed by atoms with E-state index in [2.05, 4.69) is 20.1 Å². The average molecular weight is 409 g/mol. The van der Waals surface area contributed by atoms with E-state index in [1.54, 1.807) is 12.3 Å². The van der Waals surface area contributed by atoms with Crippen molar-refractivity contribution in [2.45, 2.75) is 6.92 Å². The number of morpholine rings is 1. The third-order valence-electron chi connectivity index (χ3n) is 5.44. The number of aromatic nitrogens is 1. The summed E-state index contributed by atoms with van der Waals surface area (Å²) in [4.78, 5) is 35.5. The predicted molar refractivity (Wildman–Crippen MR) is 116 cm³/mol. The van der Waals surface area contributed by atoms with Crippen LogP contribution in [0.2, 0.25) is 0 Å². The smallest absolute Gasteiger partial charge is 0.256 e. The normalized spacial score (nSPS) is 17.0. The molecule has 8 heteroatoms. The van der Waals surface area contributed by atoms with Crippen LogP contribution in [0.3, 0.4) is 0 Å². The minimum absolute atomic E-state index is 0.0199. The van der Waals surface area contributed by atoms with Crippen LogP contribution >= 0.6 is 0 Å². The summed E-state index contributed by atoms with van der Waals surface area (Å²) >= 11 is 0. The molecule has 1 N–H and O–H groups in total. The van der Waals surface area contributed by atoms with Gasteiger partial charge in [-0.05, 0) is 30.3 Å². The fraction of sp³-hybridized carbons (Fsp3) is 0.409. The van der Waals surface area contributed by atoms with Crippen molar-refractivity contribution in [3.8, 4) is 0 Å². The van der Waals surface area contributed by atoms with Gasteiger partial charge in [-0.2, -0.15) is 0 Å². The lowest BCUT2D eigenvalue weighted by atomic mass is 10.1. The number of hydrogen-bond acceptors (Lipinski definition) is 6. The standard InChI is InChI=1S/C22H27N5O3/c1-17(28)24-18-5-6-19(20(16-18)25-12-14-30-15-13-25)22(29)27-10-8-26(9-11-27)21-4-2-3-7-23-21/h2-7,16H,8-15H2,1H3,(H,24,28). The van der Waals surface area contributed by atoms with Gasteiger partial charge in [0.05, 0.1) is 24.5 Å². The number of anilines is 3.